The van der Waals surface area contributed by atoms with Crippen LogP contribution in [0.3, 0.4) is 0 Å². The average molecular weight is 441 g/mol. The van der Waals surface area contributed by atoms with Crippen molar-refractivity contribution in [2.24, 2.45) is 0 Å². The van der Waals surface area contributed by atoms with Crippen molar-refractivity contribution in [3.8, 4) is 0 Å². The Hall–Kier alpha value is -3.33. The SMILES string of the molecule is O=C(O)CNC(=O)Cc1ccc(NC(=O)C=Cc2cc(C(F)(F)F)ccc2Cl)cc1. The maximum atomic E-state index is 12.8. The summed E-state index contributed by atoms with van der Waals surface area (Å²) in [5.74, 6) is -2.20. The summed E-state index contributed by atoms with van der Waals surface area (Å²) < 4.78 is 38.3. The van der Waals surface area contributed by atoms with Crippen molar-refractivity contribution in [1.29, 1.82) is 0 Å². The molecule has 6 nitrogen and oxygen atoms in total. The van der Waals surface area contributed by atoms with Crippen LogP contribution >= 0.6 is 11.6 Å². The Kier molecular flexibility index (Phi) is 7.60. The molecular formula is C20H16ClF3N2O4. The largest absolute Gasteiger partial charge is 0.480 e. The quantitative estimate of drug-likeness (QED) is 0.571. The third-order valence-corrected chi connectivity index (χ3v) is 4.10. The molecule has 10 heteroatoms. The van der Waals surface area contributed by atoms with Gasteiger partial charge in [-0.2, -0.15) is 13.2 Å². The number of carboxylic acid groups (broad SMARTS) is 1. The molecule has 0 fully saturated rings. The average Bonchev–Trinajstić information content (AvgIpc) is 2.66. The van der Waals surface area contributed by atoms with Gasteiger partial charge in [-0.05, 0) is 47.5 Å². The third kappa shape index (κ3) is 7.25. The molecule has 3 N–H and O–H groups in total. The molecule has 0 aliphatic heterocycles. The maximum Gasteiger partial charge on any atom is 0.416 e. The molecule has 2 amide bonds. The van der Waals surface area contributed by atoms with E-state index in [4.69, 9.17) is 16.7 Å². The lowest BCUT2D eigenvalue weighted by molar-refractivity contribution is -0.138. The summed E-state index contributed by atoms with van der Waals surface area (Å²) in [5.41, 5.74) is 0.163. The number of amides is 2. The van der Waals surface area contributed by atoms with E-state index in [0.29, 0.717) is 11.3 Å². The normalized spacial score (nSPS) is 11.3. The minimum Gasteiger partial charge on any atom is -0.480 e. The minimum absolute atomic E-state index is 0.0323. The number of anilines is 1. The topological polar surface area (TPSA) is 95.5 Å². The molecule has 0 saturated carbocycles. The highest BCUT2D eigenvalue weighted by Crippen LogP contribution is 2.32. The molecule has 0 unspecified atom stereocenters. The van der Waals surface area contributed by atoms with Gasteiger partial charge in [0.05, 0.1) is 12.0 Å². The van der Waals surface area contributed by atoms with Crippen molar-refractivity contribution in [3.05, 3.63) is 70.3 Å². The number of carboxylic acids is 1. The summed E-state index contributed by atoms with van der Waals surface area (Å²) >= 11 is 5.87. The number of hydrogen-bond acceptors (Lipinski definition) is 3. The Bertz CT molecular complexity index is 973. The summed E-state index contributed by atoms with van der Waals surface area (Å²) in [7, 11) is 0. The fourth-order valence-corrected chi connectivity index (χ4v) is 2.51. The number of aliphatic carboxylic acids is 1. The van der Waals surface area contributed by atoms with E-state index in [1.807, 2.05) is 0 Å². The van der Waals surface area contributed by atoms with E-state index >= 15 is 0 Å². The van der Waals surface area contributed by atoms with Crippen molar-refractivity contribution < 1.29 is 32.7 Å². The molecule has 0 atom stereocenters. The van der Waals surface area contributed by atoms with Gasteiger partial charge < -0.3 is 15.7 Å². The van der Waals surface area contributed by atoms with Crippen LogP contribution in [0.15, 0.2) is 48.5 Å². The Morgan fingerprint density at radius 1 is 1.07 bits per heavy atom. The lowest BCUT2D eigenvalue weighted by Gasteiger charge is -2.08. The highest BCUT2D eigenvalue weighted by Gasteiger charge is 2.30. The summed E-state index contributed by atoms with van der Waals surface area (Å²) in [6, 6.07) is 9.01. The van der Waals surface area contributed by atoms with Crippen LogP contribution in [-0.4, -0.2) is 29.4 Å². The van der Waals surface area contributed by atoms with Gasteiger partial charge in [0.25, 0.3) is 0 Å². The van der Waals surface area contributed by atoms with Gasteiger partial charge in [0.1, 0.15) is 6.54 Å². The van der Waals surface area contributed by atoms with Gasteiger partial charge in [0, 0.05) is 16.8 Å². The fourth-order valence-electron chi connectivity index (χ4n) is 2.33. The first-order valence-corrected chi connectivity index (χ1v) is 8.85. The van der Waals surface area contributed by atoms with Crippen molar-refractivity contribution in [2.45, 2.75) is 12.6 Å². The molecule has 0 aliphatic rings. The van der Waals surface area contributed by atoms with E-state index in [1.165, 1.54) is 18.2 Å². The van der Waals surface area contributed by atoms with Crippen LogP contribution in [-0.2, 0) is 27.0 Å². The second-order valence-corrected chi connectivity index (χ2v) is 6.51. The maximum absolute atomic E-state index is 12.8. The standard InChI is InChI=1S/C20H16ClF3N2O4/c21-16-7-4-14(20(22,23)24)10-13(16)3-8-17(27)26-15-5-1-12(2-6-15)9-18(28)25-11-19(29)30/h1-8,10H,9,11H2,(H,25,28)(H,26,27)(H,29,30). The number of halogens is 4. The Morgan fingerprint density at radius 3 is 2.33 bits per heavy atom. The number of benzene rings is 2. The van der Waals surface area contributed by atoms with Gasteiger partial charge in [-0.3, -0.25) is 14.4 Å². The van der Waals surface area contributed by atoms with Gasteiger partial charge in [-0.25, -0.2) is 0 Å². The predicted molar refractivity (Wildman–Crippen MR) is 105 cm³/mol. The fraction of sp³-hybridized carbons (Fsp3) is 0.150. The molecular weight excluding hydrogens is 425 g/mol. The number of carbonyl (C=O) groups is 3. The molecule has 0 spiro atoms. The number of nitrogens with one attached hydrogen (secondary N) is 2. The predicted octanol–water partition coefficient (Wildman–Crippen LogP) is 3.75. The van der Waals surface area contributed by atoms with Gasteiger partial charge in [0.2, 0.25) is 11.8 Å². The highest BCUT2D eigenvalue weighted by molar-refractivity contribution is 6.32. The Labute approximate surface area is 174 Å². The highest BCUT2D eigenvalue weighted by atomic mass is 35.5. The molecule has 0 radical (unpaired) electrons. The molecule has 2 aromatic rings. The monoisotopic (exact) mass is 440 g/mol. The molecule has 0 heterocycles. The zero-order chi connectivity index (χ0) is 22.3. The van der Waals surface area contributed by atoms with Gasteiger partial charge in [-0.1, -0.05) is 23.7 Å². The molecule has 158 valence electrons. The van der Waals surface area contributed by atoms with Crippen molar-refractivity contribution in [1.82, 2.24) is 5.32 Å². The van der Waals surface area contributed by atoms with Gasteiger partial charge in [-0.15, -0.1) is 0 Å². The zero-order valence-electron chi connectivity index (χ0n) is 15.3. The van der Waals surface area contributed by atoms with Crippen molar-refractivity contribution >= 4 is 41.1 Å². The minimum atomic E-state index is -4.53. The zero-order valence-corrected chi connectivity index (χ0v) is 16.1. The molecule has 0 aliphatic carbocycles. The Morgan fingerprint density at radius 2 is 1.73 bits per heavy atom. The molecule has 30 heavy (non-hydrogen) atoms. The summed E-state index contributed by atoms with van der Waals surface area (Å²) in [5, 5.41) is 13.3. The van der Waals surface area contributed by atoms with Crippen LogP contribution < -0.4 is 10.6 Å². The van der Waals surface area contributed by atoms with Crippen LogP contribution in [0.5, 0.6) is 0 Å². The summed E-state index contributed by atoms with van der Waals surface area (Å²) in [6.07, 6.45) is -2.33. The second-order valence-electron chi connectivity index (χ2n) is 6.10. The van der Waals surface area contributed by atoms with E-state index < -0.39 is 36.1 Å². The van der Waals surface area contributed by atoms with Crippen LogP contribution in [0.1, 0.15) is 16.7 Å². The van der Waals surface area contributed by atoms with Gasteiger partial charge >= 0.3 is 12.1 Å². The van der Waals surface area contributed by atoms with Crippen LogP contribution in [0.25, 0.3) is 6.08 Å². The number of hydrogen-bond donors (Lipinski definition) is 3. The van der Waals surface area contributed by atoms with Crippen molar-refractivity contribution in [2.75, 3.05) is 11.9 Å². The lowest BCUT2D eigenvalue weighted by Crippen LogP contribution is -2.30. The van der Waals surface area contributed by atoms with E-state index in [9.17, 15) is 27.6 Å². The first-order valence-electron chi connectivity index (χ1n) is 8.48. The van der Waals surface area contributed by atoms with Crippen LogP contribution in [0, 0.1) is 0 Å². The lowest BCUT2D eigenvalue weighted by atomic mass is 10.1. The summed E-state index contributed by atoms with van der Waals surface area (Å²) in [4.78, 5) is 34.0. The second kappa shape index (κ2) is 9.93. The first kappa shape index (κ1) is 23.0. The van der Waals surface area contributed by atoms with E-state index in [1.54, 1.807) is 12.1 Å². The molecule has 0 saturated heterocycles. The first-order chi connectivity index (χ1) is 14.0. The smallest absolute Gasteiger partial charge is 0.416 e. The summed E-state index contributed by atoms with van der Waals surface area (Å²) in [6.45, 7) is -0.477. The van der Waals surface area contributed by atoms with Crippen LogP contribution in [0.4, 0.5) is 18.9 Å². The number of carbonyl (C=O) groups excluding carboxylic acids is 2. The van der Waals surface area contributed by atoms with Crippen LogP contribution in [0.2, 0.25) is 5.02 Å². The Balaban J connectivity index is 1.97. The number of rotatable bonds is 7. The van der Waals surface area contributed by atoms with E-state index in [2.05, 4.69) is 10.6 Å². The molecule has 0 bridgehead atoms. The van der Waals surface area contributed by atoms with Crippen molar-refractivity contribution in [3.63, 3.8) is 0 Å². The number of alkyl halides is 3. The van der Waals surface area contributed by atoms with E-state index in [-0.39, 0.29) is 17.0 Å². The molecule has 2 rings (SSSR count). The molecule has 2 aromatic carbocycles. The third-order valence-electron chi connectivity index (χ3n) is 3.76. The van der Waals surface area contributed by atoms with Gasteiger partial charge in [0.15, 0.2) is 0 Å². The molecule has 0 aromatic heterocycles. The van der Waals surface area contributed by atoms with E-state index in [0.717, 1.165) is 24.3 Å².